The van der Waals surface area contributed by atoms with E-state index in [4.69, 9.17) is 14.2 Å². The smallest absolute Gasteiger partial charge is 0.274 e. The molecule has 2 aromatic rings. The number of fused-ring (bicyclic) bond motifs is 1. The Balaban J connectivity index is 1.57. The molecule has 2 atom stereocenters. The van der Waals surface area contributed by atoms with Gasteiger partial charge in [0.25, 0.3) is 5.91 Å². The van der Waals surface area contributed by atoms with Gasteiger partial charge in [-0.3, -0.25) is 9.59 Å². The Bertz CT molecular complexity index is 1100. The molecule has 1 N–H and O–H groups in total. The molecule has 28 heavy (non-hydrogen) atoms. The maximum atomic E-state index is 13.3. The number of hydrogen-bond donors (Lipinski definition) is 1. The quantitative estimate of drug-likeness (QED) is 0.882. The number of nitrogens with one attached hydrogen (secondary N) is 1. The number of hydrogen-bond acceptors (Lipinski definition) is 5. The van der Waals surface area contributed by atoms with Crippen LogP contribution in [0.1, 0.15) is 16.9 Å². The number of likely N-dealkylation sites (tertiary alicyclic amines) is 1. The van der Waals surface area contributed by atoms with Gasteiger partial charge in [0.2, 0.25) is 5.75 Å². The fourth-order valence-corrected chi connectivity index (χ4v) is 4.66. The Kier molecular flexibility index (Phi) is 3.41. The summed E-state index contributed by atoms with van der Waals surface area (Å²) in [6, 6.07) is 3.58. The van der Waals surface area contributed by atoms with Crippen LogP contribution in [0, 0.1) is 11.3 Å². The van der Waals surface area contributed by atoms with Gasteiger partial charge in [-0.1, -0.05) is 6.08 Å². The van der Waals surface area contributed by atoms with Crippen LogP contribution in [-0.2, 0) is 4.79 Å². The molecule has 2 heterocycles. The molecular formula is C21H20N2O5. The average Bonchev–Trinajstić information content (AvgIpc) is 3.09. The summed E-state index contributed by atoms with van der Waals surface area (Å²) in [6.07, 6.45) is 6.07. The lowest BCUT2D eigenvalue weighted by Gasteiger charge is -2.24. The summed E-state index contributed by atoms with van der Waals surface area (Å²) in [7, 11) is 4.64. The summed E-state index contributed by atoms with van der Waals surface area (Å²) in [5.41, 5.74) is 1.44. The Morgan fingerprint density at radius 1 is 1.18 bits per heavy atom. The van der Waals surface area contributed by atoms with Crippen LogP contribution < -0.4 is 14.2 Å². The number of carbonyl (C=O) groups is 2. The summed E-state index contributed by atoms with van der Waals surface area (Å²) in [6.45, 7) is 0.567. The number of nitrogens with zero attached hydrogens (tertiary/aromatic N) is 1. The van der Waals surface area contributed by atoms with E-state index in [2.05, 4.69) is 4.98 Å². The van der Waals surface area contributed by atoms with E-state index in [0.29, 0.717) is 35.0 Å². The minimum atomic E-state index is -0.472. The third-order valence-corrected chi connectivity index (χ3v) is 6.09. The average molecular weight is 380 g/mol. The van der Waals surface area contributed by atoms with Crippen molar-refractivity contribution in [2.24, 2.45) is 11.3 Å². The maximum absolute atomic E-state index is 13.3. The molecule has 0 radical (unpaired) electrons. The fraction of sp³-hybridized carbons (Fsp3) is 0.333. The van der Waals surface area contributed by atoms with Crippen LogP contribution in [0.25, 0.3) is 10.9 Å². The van der Waals surface area contributed by atoms with Gasteiger partial charge in [0, 0.05) is 17.6 Å². The summed E-state index contributed by atoms with van der Waals surface area (Å²) >= 11 is 0. The molecule has 1 spiro atoms. The van der Waals surface area contributed by atoms with Crippen LogP contribution in [0.4, 0.5) is 0 Å². The molecule has 1 aromatic heterocycles. The van der Waals surface area contributed by atoms with Gasteiger partial charge in [-0.05, 0) is 36.6 Å². The van der Waals surface area contributed by atoms with E-state index in [9.17, 15) is 9.59 Å². The van der Waals surface area contributed by atoms with Crippen LogP contribution in [0.15, 0.2) is 36.1 Å². The normalized spacial score (nSPS) is 24.7. The van der Waals surface area contributed by atoms with E-state index in [-0.39, 0.29) is 17.6 Å². The third kappa shape index (κ3) is 1.99. The lowest BCUT2D eigenvalue weighted by molar-refractivity contribution is -0.118. The van der Waals surface area contributed by atoms with E-state index >= 15 is 0 Å². The fourth-order valence-electron chi connectivity index (χ4n) is 4.66. The summed E-state index contributed by atoms with van der Waals surface area (Å²) in [5, 5.41) is 0.783. The van der Waals surface area contributed by atoms with Gasteiger partial charge >= 0.3 is 0 Å². The van der Waals surface area contributed by atoms with Gasteiger partial charge in [0.05, 0.1) is 32.3 Å². The lowest BCUT2D eigenvalue weighted by atomic mass is 9.91. The van der Waals surface area contributed by atoms with Crippen molar-refractivity contribution in [3.05, 3.63) is 41.8 Å². The second-order valence-electron chi connectivity index (χ2n) is 7.36. The minimum Gasteiger partial charge on any atom is -0.493 e. The van der Waals surface area contributed by atoms with Crippen molar-refractivity contribution >= 4 is 22.6 Å². The minimum absolute atomic E-state index is 0.109. The van der Waals surface area contributed by atoms with Crippen LogP contribution in [0.3, 0.4) is 0 Å². The van der Waals surface area contributed by atoms with Gasteiger partial charge in [-0.25, -0.2) is 0 Å². The molecule has 3 aliphatic rings. The first-order valence-electron chi connectivity index (χ1n) is 9.12. The standard InChI is InChI=1S/C21H20N2O5/c1-26-14-8-11-7-13(22-17(11)19(28-3)18(14)27-2)20(25)23-10-12-9-21(12)15(23)5-4-6-16(21)24/h4-8,12,22H,9-10H2,1-3H3. The first-order chi connectivity index (χ1) is 13.5. The third-order valence-electron chi connectivity index (χ3n) is 6.09. The highest BCUT2D eigenvalue weighted by atomic mass is 16.5. The van der Waals surface area contributed by atoms with Crippen molar-refractivity contribution in [1.29, 1.82) is 0 Å². The molecule has 1 aliphatic heterocycles. The molecule has 7 nitrogen and oxygen atoms in total. The van der Waals surface area contributed by atoms with E-state index in [0.717, 1.165) is 17.5 Å². The number of allylic oxidation sites excluding steroid dienone is 4. The summed E-state index contributed by atoms with van der Waals surface area (Å²) < 4.78 is 16.3. The van der Waals surface area contributed by atoms with Gasteiger partial charge in [0.1, 0.15) is 5.69 Å². The van der Waals surface area contributed by atoms with E-state index in [1.807, 2.05) is 6.08 Å². The summed E-state index contributed by atoms with van der Waals surface area (Å²) in [4.78, 5) is 30.5. The van der Waals surface area contributed by atoms with Crippen molar-refractivity contribution < 1.29 is 23.8 Å². The number of H-pyrrole nitrogens is 1. The molecule has 144 valence electrons. The van der Waals surface area contributed by atoms with Crippen molar-refractivity contribution in [2.75, 3.05) is 27.9 Å². The summed E-state index contributed by atoms with van der Waals surface area (Å²) in [5.74, 6) is 1.64. The first-order valence-corrected chi connectivity index (χ1v) is 9.12. The van der Waals surface area contributed by atoms with Crippen molar-refractivity contribution in [3.63, 3.8) is 0 Å². The number of carbonyl (C=O) groups excluding carboxylic acids is 2. The van der Waals surface area contributed by atoms with Gasteiger partial charge in [-0.15, -0.1) is 0 Å². The molecule has 5 rings (SSSR count). The van der Waals surface area contributed by atoms with Crippen LogP contribution in [0.5, 0.6) is 17.2 Å². The second-order valence-corrected chi connectivity index (χ2v) is 7.36. The van der Waals surface area contributed by atoms with Gasteiger partial charge in [-0.2, -0.15) is 0 Å². The highest BCUT2D eigenvalue weighted by Gasteiger charge is 2.68. The topological polar surface area (TPSA) is 80.9 Å². The Morgan fingerprint density at radius 3 is 2.68 bits per heavy atom. The van der Waals surface area contributed by atoms with Gasteiger partial charge < -0.3 is 24.1 Å². The lowest BCUT2D eigenvalue weighted by Crippen LogP contribution is -2.32. The van der Waals surface area contributed by atoms with Crippen molar-refractivity contribution in [3.8, 4) is 17.2 Å². The highest BCUT2D eigenvalue weighted by molar-refractivity contribution is 6.06. The number of piperidine rings is 1. The van der Waals surface area contributed by atoms with Gasteiger partial charge in [0.15, 0.2) is 17.3 Å². The van der Waals surface area contributed by atoms with E-state index in [1.165, 1.54) is 7.11 Å². The molecule has 2 fully saturated rings. The Hall–Kier alpha value is -3.22. The molecule has 1 saturated heterocycles. The SMILES string of the molecule is COc1cc2cc(C(=O)N3CC4CC45C(=O)C=CC=C35)[nH]c2c(OC)c1OC. The van der Waals surface area contributed by atoms with E-state index in [1.54, 1.807) is 43.4 Å². The Morgan fingerprint density at radius 2 is 1.96 bits per heavy atom. The number of amides is 1. The number of aromatic amines is 1. The molecule has 0 bridgehead atoms. The molecular weight excluding hydrogens is 360 g/mol. The molecule has 1 saturated carbocycles. The molecule has 1 amide bonds. The second kappa shape index (κ2) is 5.64. The molecule has 2 aliphatic carbocycles. The number of rotatable bonds is 4. The maximum Gasteiger partial charge on any atom is 0.274 e. The Labute approximate surface area is 161 Å². The van der Waals surface area contributed by atoms with Crippen LogP contribution in [-0.4, -0.2) is 49.4 Å². The number of benzene rings is 1. The zero-order valence-electron chi connectivity index (χ0n) is 15.9. The predicted octanol–water partition coefficient (Wildman–Crippen LogP) is 2.68. The van der Waals surface area contributed by atoms with Crippen molar-refractivity contribution in [1.82, 2.24) is 9.88 Å². The largest absolute Gasteiger partial charge is 0.493 e. The monoisotopic (exact) mass is 380 g/mol. The highest BCUT2D eigenvalue weighted by Crippen LogP contribution is 2.65. The zero-order valence-corrected chi connectivity index (χ0v) is 15.9. The number of aromatic nitrogens is 1. The van der Waals surface area contributed by atoms with E-state index < -0.39 is 5.41 Å². The molecule has 7 heteroatoms. The molecule has 2 unspecified atom stereocenters. The van der Waals surface area contributed by atoms with Crippen LogP contribution >= 0.6 is 0 Å². The number of ketones is 1. The van der Waals surface area contributed by atoms with Crippen molar-refractivity contribution in [2.45, 2.75) is 6.42 Å². The number of ether oxygens (including phenoxy) is 3. The zero-order chi connectivity index (χ0) is 19.6. The molecule has 1 aromatic carbocycles. The van der Waals surface area contributed by atoms with Crippen LogP contribution in [0.2, 0.25) is 0 Å². The number of methoxy groups -OCH3 is 3. The first kappa shape index (κ1) is 16.9. The predicted molar refractivity (Wildman–Crippen MR) is 102 cm³/mol.